The molecule has 0 aliphatic rings. The van der Waals surface area contributed by atoms with Crippen LogP contribution < -0.4 is 10.6 Å². The lowest BCUT2D eigenvalue weighted by atomic mass is 10.1. The van der Waals surface area contributed by atoms with Gasteiger partial charge in [0.2, 0.25) is 0 Å². The van der Waals surface area contributed by atoms with Crippen molar-refractivity contribution in [3.63, 3.8) is 0 Å². The Kier molecular flexibility index (Phi) is 5.88. The monoisotopic (exact) mass is 386 g/mol. The molecule has 0 saturated carbocycles. The van der Waals surface area contributed by atoms with Crippen LogP contribution in [0.25, 0.3) is 0 Å². The molecule has 0 aliphatic heterocycles. The van der Waals surface area contributed by atoms with Gasteiger partial charge < -0.3 is 10.6 Å². The minimum atomic E-state index is -0.355. The topological polar surface area (TPSA) is 75.3 Å². The van der Waals surface area contributed by atoms with Crippen molar-refractivity contribution in [3.8, 4) is 0 Å². The molecule has 3 aromatic rings. The lowest BCUT2D eigenvalue weighted by Crippen LogP contribution is -2.16. The minimum Gasteiger partial charge on any atom is -0.322 e. The van der Waals surface area contributed by atoms with E-state index in [4.69, 9.17) is 0 Å². The Morgan fingerprint density at radius 3 is 1.72 bits per heavy atom. The van der Waals surface area contributed by atoms with Crippen LogP contribution in [-0.2, 0) is 0 Å². The third kappa shape index (κ3) is 5.17. The lowest BCUT2D eigenvalue weighted by molar-refractivity contribution is 0.100. The zero-order valence-electron chi connectivity index (χ0n) is 16.6. The summed E-state index contributed by atoms with van der Waals surface area (Å²) in [4.78, 5) is 36.7. The maximum Gasteiger partial charge on any atom is 0.255 e. The van der Waals surface area contributed by atoms with Crippen molar-refractivity contribution in [3.05, 3.63) is 94.5 Å². The molecule has 0 aliphatic carbocycles. The number of nitrogens with one attached hydrogen (secondary N) is 2. The third-order valence-corrected chi connectivity index (χ3v) is 4.39. The number of carbonyl (C=O) groups is 3. The Balaban J connectivity index is 1.76. The summed E-state index contributed by atoms with van der Waals surface area (Å²) in [7, 11) is 0. The number of Topliss-reactive ketones (excluding diaryl/α,β-unsaturated/α-hetero) is 1. The van der Waals surface area contributed by atoms with Crippen LogP contribution >= 0.6 is 0 Å². The fourth-order valence-electron chi connectivity index (χ4n) is 3.07. The highest BCUT2D eigenvalue weighted by Crippen LogP contribution is 2.17. The molecule has 0 saturated heterocycles. The van der Waals surface area contributed by atoms with Gasteiger partial charge in [-0.3, -0.25) is 14.4 Å². The molecule has 0 bridgehead atoms. The van der Waals surface area contributed by atoms with Crippen molar-refractivity contribution in [2.45, 2.75) is 20.8 Å². The molecule has 146 valence electrons. The summed E-state index contributed by atoms with van der Waals surface area (Å²) in [5.74, 6) is -0.721. The van der Waals surface area contributed by atoms with Gasteiger partial charge in [-0.05, 0) is 74.4 Å². The van der Waals surface area contributed by atoms with Gasteiger partial charge in [0.15, 0.2) is 5.78 Å². The number of rotatable bonds is 5. The SMILES string of the molecule is CC(=O)c1cccc(NC(=O)c2cccc(C(=O)Nc3cc(C)cc(C)c3)c2)c1. The largest absolute Gasteiger partial charge is 0.322 e. The highest BCUT2D eigenvalue weighted by molar-refractivity contribution is 6.09. The zero-order valence-corrected chi connectivity index (χ0v) is 16.6. The number of anilines is 2. The molecule has 0 heterocycles. The van der Waals surface area contributed by atoms with Crippen molar-refractivity contribution in [2.24, 2.45) is 0 Å². The van der Waals surface area contributed by atoms with Crippen LogP contribution in [0.4, 0.5) is 11.4 Å². The summed E-state index contributed by atoms with van der Waals surface area (Å²) < 4.78 is 0. The highest BCUT2D eigenvalue weighted by atomic mass is 16.2. The predicted octanol–water partition coefficient (Wildman–Crippen LogP) is 5.01. The van der Waals surface area contributed by atoms with E-state index < -0.39 is 0 Å². The van der Waals surface area contributed by atoms with E-state index >= 15 is 0 Å². The fourth-order valence-corrected chi connectivity index (χ4v) is 3.07. The molecule has 2 amide bonds. The molecule has 0 radical (unpaired) electrons. The van der Waals surface area contributed by atoms with E-state index in [0.29, 0.717) is 28.1 Å². The number of ketones is 1. The second-order valence-corrected chi connectivity index (χ2v) is 7.00. The number of amides is 2. The zero-order chi connectivity index (χ0) is 21.0. The number of benzene rings is 3. The molecule has 0 atom stereocenters. The number of aryl methyl sites for hydroxylation is 2. The second-order valence-electron chi connectivity index (χ2n) is 7.00. The normalized spacial score (nSPS) is 10.3. The van der Waals surface area contributed by atoms with Gasteiger partial charge in [-0.15, -0.1) is 0 Å². The molecule has 0 spiro atoms. The van der Waals surface area contributed by atoms with Crippen LogP contribution in [0.2, 0.25) is 0 Å². The molecule has 3 aromatic carbocycles. The maximum atomic E-state index is 12.6. The number of carbonyl (C=O) groups excluding carboxylic acids is 3. The summed E-state index contributed by atoms with van der Waals surface area (Å²) in [6.45, 7) is 5.40. The maximum absolute atomic E-state index is 12.6. The quantitative estimate of drug-likeness (QED) is 0.605. The first-order valence-corrected chi connectivity index (χ1v) is 9.24. The van der Waals surface area contributed by atoms with E-state index in [1.165, 1.54) is 6.92 Å². The van der Waals surface area contributed by atoms with Crippen LogP contribution in [0, 0.1) is 13.8 Å². The van der Waals surface area contributed by atoms with Gasteiger partial charge in [-0.2, -0.15) is 0 Å². The van der Waals surface area contributed by atoms with Gasteiger partial charge in [0.25, 0.3) is 11.8 Å². The smallest absolute Gasteiger partial charge is 0.255 e. The van der Waals surface area contributed by atoms with Gasteiger partial charge >= 0.3 is 0 Å². The summed E-state index contributed by atoms with van der Waals surface area (Å²) >= 11 is 0. The summed E-state index contributed by atoms with van der Waals surface area (Å²) in [6, 6.07) is 19.0. The summed E-state index contributed by atoms with van der Waals surface area (Å²) in [5, 5.41) is 5.63. The van der Waals surface area contributed by atoms with Crippen LogP contribution in [0.3, 0.4) is 0 Å². The van der Waals surface area contributed by atoms with Crippen LogP contribution in [0.15, 0.2) is 66.7 Å². The molecule has 29 heavy (non-hydrogen) atoms. The van der Waals surface area contributed by atoms with E-state index in [-0.39, 0.29) is 17.6 Å². The Bertz CT molecular complexity index is 1080. The Hall–Kier alpha value is -3.73. The molecule has 2 N–H and O–H groups in total. The van der Waals surface area contributed by atoms with Crippen molar-refractivity contribution in [1.29, 1.82) is 0 Å². The van der Waals surface area contributed by atoms with E-state index in [1.54, 1.807) is 48.5 Å². The van der Waals surface area contributed by atoms with Gasteiger partial charge in [-0.1, -0.05) is 24.3 Å². The summed E-state index contributed by atoms with van der Waals surface area (Å²) in [6.07, 6.45) is 0. The number of hydrogen-bond acceptors (Lipinski definition) is 3. The lowest BCUT2D eigenvalue weighted by Gasteiger charge is -2.10. The van der Waals surface area contributed by atoms with Gasteiger partial charge in [0, 0.05) is 28.1 Å². The van der Waals surface area contributed by atoms with E-state index in [0.717, 1.165) is 11.1 Å². The van der Waals surface area contributed by atoms with Crippen molar-refractivity contribution < 1.29 is 14.4 Å². The average Bonchev–Trinajstić information content (AvgIpc) is 2.67. The Labute approximate surface area is 169 Å². The second kappa shape index (κ2) is 8.52. The molecule has 3 rings (SSSR count). The van der Waals surface area contributed by atoms with Crippen molar-refractivity contribution in [1.82, 2.24) is 0 Å². The third-order valence-electron chi connectivity index (χ3n) is 4.39. The molecule has 0 unspecified atom stereocenters. The molecule has 5 heteroatoms. The highest BCUT2D eigenvalue weighted by Gasteiger charge is 2.12. The minimum absolute atomic E-state index is 0.0776. The van der Waals surface area contributed by atoms with E-state index in [9.17, 15) is 14.4 Å². The Morgan fingerprint density at radius 1 is 0.621 bits per heavy atom. The molecular weight excluding hydrogens is 364 g/mol. The van der Waals surface area contributed by atoms with E-state index in [2.05, 4.69) is 10.6 Å². The predicted molar refractivity (Wildman–Crippen MR) is 115 cm³/mol. The molecule has 0 aromatic heterocycles. The number of hydrogen-bond donors (Lipinski definition) is 2. The molecule has 0 fully saturated rings. The molecule has 5 nitrogen and oxygen atoms in total. The fraction of sp³-hybridized carbons (Fsp3) is 0.125. The first-order chi connectivity index (χ1) is 13.8. The van der Waals surface area contributed by atoms with Crippen LogP contribution in [-0.4, -0.2) is 17.6 Å². The van der Waals surface area contributed by atoms with Gasteiger partial charge in [-0.25, -0.2) is 0 Å². The molecular formula is C24H22N2O3. The van der Waals surface area contributed by atoms with Gasteiger partial charge in [0.1, 0.15) is 0 Å². The Morgan fingerprint density at radius 2 is 1.14 bits per heavy atom. The van der Waals surface area contributed by atoms with Crippen molar-refractivity contribution in [2.75, 3.05) is 10.6 Å². The first kappa shape index (κ1) is 20.0. The van der Waals surface area contributed by atoms with Crippen molar-refractivity contribution >= 4 is 29.0 Å². The average molecular weight is 386 g/mol. The van der Waals surface area contributed by atoms with Crippen LogP contribution in [0.5, 0.6) is 0 Å². The summed E-state index contributed by atoms with van der Waals surface area (Å²) in [5.41, 5.74) is 4.60. The first-order valence-electron chi connectivity index (χ1n) is 9.24. The standard InChI is InChI=1S/C24H22N2O3/c1-15-10-16(2)12-22(11-15)26-24(29)20-8-4-7-19(13-20)23(28)25-21-9-5-6-18(14-21)17(3)27/h4-14H,1-3H3,(H,25,28)(H,26,29). The van der Waals surface area contributed by atoms with E-state index in [1.807, 2.05) is 32.0 Å². The van der Waals surface area contributed by atoms with Gasteiger partial charge in [0.05, 0.1) is 0 Å². The van der Waals surface area contributed by atoms with Crippen LogP contribution in [0.1, 0.15) is 49.1 Å².